The molecule has 0 atom stereocenters. The lowest BCUT2D eigenvalue weighted by Crippen LogP contribution is -2.84. The summed E-state index contributed by atoms with van der Waals surface area (Å²) in [6, 6.07) is 7.23. The molecule has 4 N–H and O–H groups in total. The second-order valence-corrected chi connectivity index (χ2v) is 6.46. The van der Waals surface area contributed by atoms with Gasteiger partial charge in [-0.3, -0.25) is 19.6 Å². The highest BCUT2D eigenvalue weighted by molar-refractivity contribution is 5.94. The van der Waals surface area contributed by atoms with Crippen LogP contribution in [0, 0.1) is 13.8 Å². The molecular formula is C20H28N5O2+. The Bertz CT molecular complexity index is 666. The Morgan fingerprint density at radius 1 is 0.815 bits per heavy atom. The van der Waals surface area contributed by atoms with E-state index in [-0.39, 0.29) is 11.8 Å². The number of quaternary nitrogens is 1. The van der Waals surface area contributed by atoms with Gasteiger partial charge in [-0.25, -0.2) is 0 Å². The van der Waals surface area contributed by atoms with Gasteiger partial charge >= 0.3 is 0 Å². The van der Waals surface area contributed by atoms with E-state index >= 15 is 0 Å². The predicted molar refractivity (Wildman–Crippen MR) is 104 cm³/mol. The number of pyridine rings is 2. The summed E-state index contributed by atoms with van der Waals surface area (Å²) in [5.41, 5.74) is 2.97. The Balaban J connectivity index is 1.47. The van der Waals surface area contributed by atoms with Crippen molar-refractivity contribution in [1.29, 1.82) is 0 Å². The van der Waals surface area contributed by atoms with Crippen molar-refractivity contribution in [1.82, 2.24) is 20.6 Å². The first-order valence-corrected chi connectivity index (χ1v) is 9.29. The van der Waals surface area contributed by atoms with Gasteiger partial charge in [0.25, 0.3) is 11.8 Å². The highest BCUT2D eigenvalue weighted by Gasteiger charge is 2.06. The van der Waals surface area contributed by atoms with Crippen LogP contribution in [0.1, 0.15) is 44.9 Å². The van der Waals surface area contributed by atoms with Crippen molar-refractivity contribution in [3.63, 3.8) is 0 Å². The van der Waals surface area contributed by atoms with Crippen LogP contribution >= 0.6 is 0 Å². The van der Waals surface area contributed by atoms with Gasteiger partial charge in [0.15, 0.2) is 0 Å². The van der Waals surface area contributed by atoms with E-state index in [0.29, 0.717) is 24.2 Å². The lowest BCUT2D eigenvalue weighted by Gasteiger charge is -2.06. The number of carbonyl (C=O) groups is 2. The van der Waals surface area contributed by atoms with Gasteiger partial charge in [-0.2, -0.15) is 0 Å². The third kappa shape index (κ3) is 7.53. The number of nitrogens with two attached hydrogens (primary N) is 1. The topological polar surface area (TPSA) is 101 Å². The van der Waals surface area contributed by atoms with E-state index in [9.17, 15) is 9.59 Å². The quantitative estimate of drug-likeness (QED) is 0.533. The number of amides is 2. The largest absolute Gasteiger partial charge is 0.352 e. The molecule has 0 aliphatic carbocycles. The molecule has 2 aromatic rings. The van der Waals surface area contributed by atoms with Crippen LogP contribution in [-0.4, -0.2) is 48.0 Å². The summed E-state index contributed by atoms with van der Waals surface area (Å²) in [5, 5.41) is 7.98. The first-order chi connectivity index (χ1) is 13.1. The lowest BCUT2D eigenvalue weighted by atomic mass is 10.2. The van der Waals surface area contributed by atoms with Gasteiger partial charge in [0.1, 0.15) is 0 Å². The number of nitrogens with zero attached hydrogens (tertiary/aromatic N) is 2. The van der Waals surface area contributed by atoms with Crippen molar-refractivity contribution in [3.05, 3.63) is 59.2 Å². The van der Waals surface area contributed by atoms with Crippen LogP contribution in [0.15, 0.2) is 36.7 Å². The molecule has 0 saturated heterocycles. The molecule has 0 bridgehead atoms. The van der Waals surface area contributed by atoms with Gasteiger partial charge in [0, 0.05) is 49.7 Å². The van der Waals surface area contributed by atoms with Crippen molar-refractivity contribution < 1.29 is 14.9 Å². The fraction of sp³-hybridized carbons (Fsp3) is 0.400. The van der Waals surface area contributed by atoms with E-state index in [0.717, 1.165) is 37.3 Å². The van der Waals surface area contributed by atoms with Crippen molar-refractivity contribution in [2.24, 2.45) is 0 Å². The third-order valence-corrected chi connectivity index (χ3v) is 4.09. The van der Waals surface area contributed by atoms with Gasteiger partial charge in [0.05, 0.1) is 24.2 Å². The number of hydrogen-bond acceptors (Lipinski definition) is 4. The average molecular weight is 370 g/mol. The fourth-order valence-corrected chi connectivity index (χ4v) is 2.45. The first kappa shape index (κ1) is 20.5. The number of aryl methyl sites for hydroxylation is 2. The summed E-state index contributed by atoms with van der Waals surface area (Å²) in [5.74, 6) is -0.174. The van der Waals surface area contributed by atoms with Crippen LogP contribution in [0.3, 0.4) is 0 Å². The molecule has 7 nitrogen and oxygen atoms in total. The van der Waals surface area contributed by atoms with Gasteiger partial charge in [-0.1, -0.05) is 0 Å². The maximum Gasteiger partial charge on any atom is 0.252 e. The van der Waals surface area contributed by atoms with Gasteiger partial charge in [-0.05, 0) is 38.1 Å². The van der Waals surface area contributed by atoms with Crippen molar-refractivity contribution in [2.45, 2.75) is 26.7 Å². The monoisotopic (exact) mass is 370 g/mol. The van der Waals surface area contributed by atoms with Crippen molar-refractivity contribution in [2.75, 3.05) is 26.2 Å². The maximum absolute atomic E-state index is 11.9. The average Bonchev–Trinajstić information content (AvgIpc) is 2.67. The zero-order valence-electron chi connectivity index (χ0n) is 16.0. The van der Waals surface area contributed by atoms with Crippen LogP contribution < -0.4 is 16.0 Å². The van der Waals surface area contributed by atoms with E-state index in [1.54, 1.807) is 24.5 Å². The standard InChI is InChI=1S/C20H27N5O2/c1-15-5-7-17(13-24-15)19(26)22-11-3-9-21-10-4-12-23-20(27)18-8-6-16(2)25-14-18/h5-8,13-14,21H,3-4,9-12H2,1-2H3,(H,22,26)(H,23,27)/p+1. The normalized spacial score (nSPS) is 10.4. The first-order valence-electron chi connectivity index (χ1n) is 9.29. The Morgan fingerprint density at radius 2 is 1.26 bits per heavy atom. The zero-order chi connectivity index (χ0) is 19.5. The van der Waals surface area contributed by atoms with Crippen LogP contribution in [0.4, 0.5) is 0 Å². The van der Waals surface area contributed by atoms with E-state index < -0.39 is 0 Å². The van der Waals surface area contributed by atoms with E-state index in [4.69, 9.17) is 0 Å². The summed E-state index contributed by atoms with van der Waals surface area (Å²) in [4.78, 5) is 32.1. The number of nitrogens with one attached hydrogen (secondary N) is 2. The number of rotatable bonds is 10. The molecule has 2 rings (SSSR count). The van der Waals surface area contributed by atoms with Crippen molar-refractivity contribution in [3.8, 4) is 0 Å². The number of hydrogen-bond donors (Lipinski definition) is 3. The summed E-state index contributed by atoms with van der Waals surface area (Å²) < 4.78 is 0. The van der Waals surface area contributed by atoms with Gasteiger partial charge in [0.2, 0.25) is 0 Å². The minimum Gasteiger partial charge on any atom is -0.352 e. The second kappa shape index (κ2) is 11.0. The Kier molecular flexibility index (Phi) is 8.38. The van der Waals surface area contributed by atoms with E-state index in [2.05, 4.69) is 25.9 Å². The molecular weight excluding hydrogens is 342 g/mol. The molecule has 2 amide bonds. The summed E-state index contributed by atoms with van der Waals surface area (Å²) in [7, 11) is 0. The van der Waals surface area contributed by atoms with Crippen LogP contribution in [0.5, 0.6) is 0 Å². The van der Waals surface area contributed by atoms with Crippen molar-refractivity contribution >= 4 is 11.8 Å². The molecule has 144 valence electrons. The molecule has 0 aromatic carbocycles. The maximum atomic E-state index is 11.9. The smallest absolute Gasteiger partial charge is 0.252 e. The molecule has 27 heavy (non-hydrogen) atoms. The summed E-state index contributed by atoms with van der Waals surface area (Å²) in [6.45, 7) is 6.93. The van der Waals surface area contributed by atoms with Gasteiger partial charge < -0.3 is 16.0 Å². The number of aromatic nitrogens is 2. The molecule has 7 heteroatoms. The third-order valence-electron chi connectivity index (χ3n) is 4.09. The molecule has 0 saturated carbocycles. The second-order valence-electron chi connectivity index (χ2n) is 6.46. The summed E-state index contributed by atoms with van der Waals surface area (Å²) >= 11 is 0. The summed E-state index contributed by atoms with van der Waals surface area (Å²) in [6.07, 6.45) is 4.98. The van der Waals surface area contributed by atoms with E-state index in [1.807, 2.05) is 26.0 Å². The zero-order valence-corrected chi connectivity index (χ0v) is 16.0. The molecule has 2 aromatic heterocycles. The SMILES string of the molecule is Cc1ccc(C(=O)NCCC[NH2+]CCCNC(=O)c2ccc(C)nc2)cn1. The highest BCUT2D eigenvalue weighted by Crippen LogP contribution is 1.99. The Labute approximate surface area is 160 Å². The fourth-order valence-electron chi connectivity index (χ4n) is 2.45. The molecule has 0 aliphatic rings. The highest BCUT2D eigenvalue weighted by atomic mass is 16.2. The molecule has 0 fully saturated rings. The lowest BCUT2D eigenvalue weighted by molar-refractivity contribution is -0.654. The molecule has 0 spiro atoms. The molecule has 0 radical (unpaired) electrons. The van der Waals surface area contributed by atoms with Gasteiger partial charge in [-0.15, -0.1) is 0 Å². The van der Waals surface area contributed by atoms with Crippen LogP contribution in [-0.2, 0) is 0 Å². The van der Waals surface area contributed by atoms with Crippen LogP contribution in [0.2, 0.25) is 0 Å². The molecule has 0 aliphatic heterocycles. The predicted octanol–water partition coefficient (Wildman–Crippen LogP) is 0.597. The molecule has 0 unspecified atom stereocenters. The van der Waals surface area contributed by atoms with Crippen LogP contribution in [0.25, 0.3) is 0 Å². The molecule has 2 heterocycles. The minimum atomic E-state index is -0.0872. The number of carbonyl (C=O) groups excluding carboxylic acids is 2. The minimum absolute atomic E-state index is 0.0872. The Morgan fingerprint density at radius 3 is 1.63 bits per heavy atom. The Hall–Kier alpha value is -2.80. The van der Waals surface area contributed by atoms with E-state index in [1.165, 1.54) is 0 Å².